The highest BCUT2D eigenvalue weighted by molar-refractivity contribution is 5.89. The first kappa shape index (κ1) is 12.0. The van der Waals surface area contributed by atoms with Crippen LogP contribution in [0.25, 0.3) is 10.9 Å². The summed E-state index contributed by atoms with van der Waals surface area (Å²) in [7, 11) is 0. The van der Waals surface area contributed by atoms with Crippen LogP contribution in [-0.4, -0.2) is 46.8 Å². The molecule has 20 heavy (non-hydrogen) atoms. The maximum atomic E-state index is 6.28. The first-order chi connectivity index (χ1) is 9.72. The number of nitrogen functional groups attached to an aromatic ring is 1. The summed E-state index contributed by atoms with van der Waals surface area (Å²) in [5.41, 5.74) is 9.36. The summed E-state index contributed by atoms with van der Waals surface area (Å²) in [5, 5.41) is 8.22. The van der Waals surface area contributed by atoms with Crippen LogP contribution in [0.2, 0.25) is 0 Å². The molecule has 2 saturated heterocycles. The fourth-order valence-electron chi connectivity index (χ4n) is 3.77. The monoisotopic (exact) mass is 271 g/mol. The second-order valence-electron chi connectivity index (χ2n) is 6.16. The molecule has 0 aliphatic carbocycles. The molecule has 0 saturated carbocycles. The summed E-state index contributed by atoms with van der Waals surface area (Å²) >= 11 is 0. The standard InChI is InChI=1S/C15H21N5/c1-10-8-19-4-2-3-12(19)9-20(10)15-6-14-11(5-13(15)16)7-17-18-14/h5-7,10,12H,2-4,8-9,16H2,1H3,(H,17,18). The van der Waals surface area contributed by atoms with Crippen molar-refractivity contribution in [3.8, 4) is 0 Å². The Morgan fingerprint density at radius 2 is 2.25 bits per heavy atom. The van der Waals surface area contributed by atoms with Gasteiger partial charge in [0.25, 0.3) is 0 Å². The predicted octanol–water partition coefficient (Wildman–Crippen LogP) is 1.82. The molecular formula is C15H21N5. The summed E-state index contributed by atoms with van der Waals surface area (Å²) < 4.78 is 0. The van der Waals surface area contributed by atoms with Crippen molar-refractivity contribution in [2.24, 2.45) is 0 Å². The van der Waals surface area contributed by atoms with Gasteiger partial charge in [-0.1, -0.05) is 0 Å². The normalized spacial score (nSPS) is 27.1. The van der Waals surface area contributed by atoms with Gasteiger partial charge in [0.15, 0.2) is 0 Å². The fourth-order valence-corrected chi connectivity index (χ4v) is 3.77. The number of fused-ring (bicyclic) bond motifs is 2. The Balaban J connectivity index is 1.72. The third kappa shape index (κ3) is 1.77. The molecule has 3 heterocycles. The van der Waals surface area contributed by atoms with Gasteiger partial charge in [-0.3, -0.25) is 10.00 Å². The predicted molar refractivity (Wildman–Crippen MR) is 81.9 cm³/mol. The number of hydrogen-bond donors (Lipinski definition) is 2. The molecule has 2 aliphatic rings. The van der Waals surface area contributed by atoms with Crippen LogP contribution in [0.15, 0.2) is 18.3 Å². The summed E-state index contributed by atoms with van der Waals surface area (Å²) in [4.78, 5) is 5.11. The van der Waals surface area contributed by atoms with E-state index in [0.717, 1.165) is 35.4 Å². The highest BCUT2D eigenvalue weighted by Crippen LogP contribution is 2.34. The van der Waals surface area contributed by atoms with Gasteiger partial charge in [0, 0.05) is 30.6 Å². The second-order valence-corrected chi connectivity index (χ2v) is 6.16. The lowest BCUT2D eigenvalue weighted by Crippen LogP contribution is -2.55. The first-order valence-corrected chi connectivity index (χ1v) is 7.45. The van der Waals surface area contributed by atoms with Crippen molar-refractivity contribution in [2.45, 2.75) is 31.8 Å². The molecule has 106 valence electrons. The van der Waals surface area contributed by atoms with Gasteiger partial charge in [0.05, 0.1) is 23.1 Å². The van der Waals surface area contributed by atoms with E-state index in [1.54, 1.807) is 0 Å². The molecule has 0 radical (unpaired) electrons. The molecule has 4 rings (SSSR count). The molecular weight excluding hydrogens is 250 g/mol. The summed E-state index contributed by atoms with van der Waals surface area (Å²) in [5.74, 6) is 0. The van der Waals surface area contributed by atoms with E-state index in [-0.39, 0.29) is 0 Å². The van der Waals surface area contributed by atoms with Crippen molar-refractivity contribution >= 4 is 22.3 Å². The number of anilines is 2. The van der Waals surface area contributed by atoms with E-state index in [9.17, 15) is 0 Å². The van der Waals surface area contributed by atoms with Crippen LogP contribution < -0.4 is 10.6 Å². The number of aromatic nitrogens is 2. The van der Waals surface area contributed by atoms with Gasteiger partial charge in [-0.05, 0) is 38.4 Å². The summed E-state index contributed by atoms with van der Waals surface area (Å²) in [6.45, 7) is 5.79. The van der Waals surface area contributed by atoms with E-state index < -0.39 is 0 Å². The lowest BCUT2D eigenvalue weighted by Gasteiger charge is -2.44. The molecule has 2 atom stereocenters. The SMILES string of the molecule is CC1CN2CCCC2CN1c1cc2[nH]ncc2cc1N. The molecule has 0 bridgehead atoms. The number of nitrogens with one attached hydrogen (secondary N) is 1. The Kier molecular flexibility index (Phi) is 2.63. The maximum absolute atomic E-state index is 6.28. The van der Waals surface area contributed by atoms with Crippen molar-refractivity contribution in [1.29, 1.82) is 0 Å². The van der Waals surface area contributed by atoms with Gasteiger partial charge in [-0.2, -0.15) is 5.10 Å². The quantitative estimate of drug-likeness (QED) is 0.777. The number of nitrogens with two attached hydrogens (primary N) is 1. The molecule has 0 amide bonds. The van der Waals surface area contributed by atoms with Crippen LogP contribution >= 0.6 is 0 Å². The number of nitrogens with zero attached hydrogens (tertiary/aromatic N) is 3. The number of rotatable bonds is 1. The Bertz CT molecular complexity index is 634. The molecule has 3 N–H and O–H groups in total. The van der Waals surface area contributed by atoms with Crippen molar-refractivity contribution in [2.75, 3.05) is 30.3 Å². The van der Waals surface area contributed by atoms with Crippen molar-refractivity contribution in [3.05, 3.63) is 18.3 Å². The average molecular weight is 271 g/mol. The van der Waals surface area contributed by atoms with Crippen LogP contribution in [-0.2, 0) is 0 Å². The van der Waals surface area contributed by atoms with Crippen LogP contribution in [0.5, 0.6) is 0 Å². The van der Waals surface area contributed by atoms with Crippen molar-refractivity contribution < 1.29 is 0 Å². The zero-order valence-electron chi connectivity index (χ0n) is 11.8. The Labute approximate surface area is 118 Å². The van der Waals surface area contributed by atoms with Crippen molar-refractivity contribution in [1.82, 2.24) is 15.1 Å². The minimum Gasteiger partial charge on any atom is -0.397 e. The second kappa shape index (κ2) is 4.38. The first-order valence-electron chi connectivity index (χ1n) is 7.45. The van der Waals surface area contributed by atoms with Crippen molar-refractivity contribution in [3.63, 3.8) is 0 Å². The molecule has 2 fully saturated rings. The van der Waals surface area contributed by atoms with E-state index in [0.29, 0.717) is 12.1 Å². The van der Waals surface area contributed by atoms with Gasteiger partial charge in [-0.25, -0.2) is 0 Å². The fraction of sp³-hybridized carbons (Fsp3) is 0.533. The minimum atomic E-state index is 0.507. The van der Waals surface area contributed by atoms with Crippen LogP contribution in [0, 0.1) is 0 Å². The van der Waals surface area contributed by atoms with Gasteiger partial charge >= 0.3 is 0 Å². The third-order valence-corrected chi connectivity index (χ3v) is 4.83. The lowest BCUT2D eigenvalue weighted by atomic mass is 10.1. The van der Waals surface area contributed by atoms with Gasteiger partial charge in [-0.15, -0.1) is 0 Å². The summed E-state index contributed by atoms with van der Waals surface area (Å²) in [6.07, 6.45) is 4.48. The van der Waals surface area contributed by atoms with E-state index in [1.165, 1.54) is 19.4 Å². The topological polar surface area (TPSA) is 61.2 Å². The van der Waals surface area contributed by atoms with Gasteiger partial charge < -0.3 is 10.6 Å². The van der Waals surface area contributed by atoms with Crippen LogP contribution in [0.1, 0.15) is 19.8 Å². The zero-order chi connectivity index (χ0) is 13.7. The van der Waals surface area contributed by atoms with Crippen LogP contribution in [0.4, 0.5) is 11.4 Å². The molecule has 1 aromatic carbocycles. The smallest absolute Gasteiger partial charge is 0.0672 e. The number of piperazine rings is 1. The number of aromatic amines is 1. The van der Waals surface area contributed by atoms with Crippen LogP contribution in [0.3, 0.4) is 0 Å². The van der Waals surface area contributed by atoms with E-state index in [1.807, 2.05) is 12.3 Å². The molecule has 1 aromatic heterocycles. The zero-order valence-corrected chi connectivity index (χ0v) is 11.8. The summed E-state index contributed by atoms with van der Waals surface area (Å²) in [6, 6.07) is 5.39. The minimum absolute atomic E-state index is 0.507. The molecule has 0 spiro atoms. The number of benzene rings is 1. The maximum Gasteiger partial charge on any atom is 0.0672 e. The van der Waals surface area contributed by atoms with E-state index in [2.05, 4.69) is 33.0 Å². The number of hydrogen-bond acceptors (Lipinski definition) is 4. The Morgan fingerprint density at radius 3 is 3.15 bits per heavy atom. The number of H-pyrrole nitrogens is 1. The average Bonchev–Trinajstić information content (AvgIpc) is 3.04. The van der Waals surface area contributed by atoms with Gasteiger partial charge in [0.2, 0.25) is 0 Å². The lowest BCUT2D eigenvalue weighted by molar-refractivity contribution is 0.203. The molecule has 5 nitrogen and oxygen atoms in total. The largest absolute Gasteiger partial charge is 0.397 e. The Morgan fingerprint density at radius 1 is 1.35 bits per heavy atom. The molecule has 2 aliphatic heterocycles. The van der Waals surface area contributed by atoms with E-state index >= 15 is 0 Å². The highest BCUT2D eigenvalue weighted by Gasteiger charge is 2.35. The Hall–Kier alpha value is -1.75. The molecule has 5 heteroatoms. The molecule has 2 aromatic rings. The third-order valence-electron chi connectivity index (χ3n) is 4.83. The van der Waals surface area contributed by atoms with Gasteiger partial charge in [0.1, 0.15) is 0 Å². The highest BCUT2D eigenvalue weighted by atomic mass is 15.3. The van der Waals surface area contributed by atoms with E-state index in [4.69, 9.17) is 5.73 Å². The molecule has 2 unspecified atom stereocenters.